The minimum Gasteiger partial charge on any atom is -0.351 e. The van der Waals surface area contributed by atoms with Gasteiger partial charge in [0, 0.05) is 34.1 Å². The van der Waals surface area contributed by atoms with E-state index in [1.165, 1.54) is 88.7 Å². The first kappa shape index (κ1) is 25.6. The van der Waals surface area contributed by atoms with Crippen LogP contribution in [0.4, 0.5) is 11.4 Å². The van der Waals surface area contributed by atoms with Gasteiger partial charge in [0.25, 0.3) is 0 Å². The first-order valence-electron chi connectivity index (χ1n) is 13.9. The number of fused-ring (bicyclic) bond motifs is 1. The van der Waals surface area contributed by atoms with Gasteiger partial charge >= 0.3 is 0 Å². The maximum absolute atomic E-state index is 2.71. The van der Waals surface area contributed by atoms with E-state index in [2.05, 4.69) is 85.3 Å². The van der Waals surface area contributed by atoms with Crippen LogP contribution < -0.4 is 9.80 Å². The first-order valence-corrected chi connectivity index (χ1v) is 15.8. The molecular weight excluding hydrogens is 440 g/mol. The second-order valence-corrected chi connectivity index (χ2v) is 14.5. The lowest BCUT2D eigenvalue weighted by atomic mass is 10.0. The Hall–Kier alpha value is -0.480. The van der Waals surface area contributed by atoms with Crippen molar-refractivity contribution in [3.05, 3.63) is 24.3 Å². The molecule has 0 amide bonds. The van der Waals surface area contributed by atoms with Crippen LogP contribution in [-0.4, -0.2) is 40.8 Å². The van der Waals surface area contributed by atoms with Crippen molar-refractivity contribution in [2.24, 2.45) is 11.8 Å². The highest BCUT2D eigenvalue weighted by Crippen LogP contribution is 2.41. The molecule has 2 atom stereocenters. The number of thioether (sulfide) groups is 2. The van der Waals surface area contributed by atoms with Gasteiger partial charge in [-0.1, -0.05) is 78.4 Å². The van der Waals surface area contributed by atoms with Crippen LogP contribution in [0.15, 0.2) is 24.3 Å². The van der Waals surface area contributed by atoms with E-state index in [9.17, 15) is 0 Å². The molecule has 0 radical (unpaired) electrons. The molecule has 2 fully saturated rings. The Morgan fingerprint density at radius 1 is 0.667 bits per heavy atom. The largest absolute Gasteiger partial charge is 0.351 e. The molecule has 4 heteroatoms. The zero-order valence-corrected chi connectivity index (χ0v) is 23.3. The summed E-state index contributed by atoms with van der Waals surface area (Å²) in [5, 5.41) is 3.21. The lowest BCUT2D eigenvalue weighted by Gasteiger charge is -2.34. The summed E-state index contributed by atoms with van der Waals surface area (Å²) in [5.41, 5.74) is 2.94. The van der Waals surface area contributed by atoms with Crippen molar-refractivity contribution in [2.75, 3.05) is 29.6 Å². The van der Waals surface area contributed by atoms with E-state index in [-0.39, 0.29) is 0 Å². The second-order valence-electron chi connectivity index (χ2n) is 11.4. The highest BCUT2D eigenvalue weighted by molar-refractivity contribution is 8.00. The van der Waals surface area contributed by atoms with Crippen LogP contribution in [0.25, 0.3) is 0 Å². The summed E-state index contributed by atoms with van der Waals surface area (Å²) in [6.45, 7) is 13.2. The maximum atomic E-state index is 2.71. The Morgan fingerprint density at radius 3 is 1.42 bits per heavy atom. The van der Waals surface area contributed by atoms with Crippen LogP contribution in [0.3, 0.4) is 0 Å². The van der Waals surface area contributed by atoms with Gasteiger partial charge in [-0.15, -0.1) is 0 Å². The third-order valence-electron chi connectivity index (χ3n) is 8.03. The Morgan fingerprint density at radius 2 is 1.06 bits per heavy atom. The molecule has 186 valence electrons. The molecule has 0 saturated heterocycles. The molecule has 3 aliphatic rings. The Kier molecular flexibility index (Phi) is 9.68. The van der Waals surface area contributed by atoms with Crippen molar-refractivity contribution >= 4 is 34.9 Å². The van der Waals surface area contributed by atoms with Crippen molar-refractivity contribution in [3.63, 3.8) is 0 Å². The molecule has 1 heterocycles. The first-order chi connectivity index (χ1) is 16.0. The summed E-state index contributed by atoms with van der Waals surface area (Å²) in [7, 11) is 0. The molecule has 33 heavy (non-hydrogen) atoms. The van der Waals surface area contributed by atoms with Crippen LogP contribution in [0.5, 0.6) is 0 Å². The van der Waals surface area contributed by atoms with Gasteiger partial charge in [0.1, 0.15) is 0 Å². The molecule has 0 bridgehead atoms. The van der Waals surface area contributed by atoms with Crippen molar-refractivity contribution < 1.29 is 0 Å². The highest BCUT2D eigenvalue weighted by Gasteiger charge is 2.32. The molecule has 1 aliphatic heterocycles. The predicted molar refractivity (Wildman–Crippen MR) is 152 cm³/mol. The number of anilines is 2. The quantitative estimate of drug-likeness (QED) is 0.326. The topological polar surface area (TPSA) is 6.48 Å². The van der Waals surface area contributed by atoms with Crippen LogP contribution in [0.1, 0.15) is 91.9 Å². The Labute approximate surface area is 213 Å². The van der Waals surface area contributed by atoms with Crippen molar-refractivity contribution in [2.45, 2.75) is 113 Å². The Balaban J connectivity index is 1.42. The van der Waals surface area contributed by atoms with Gasteiger partial charge in [0.15, 0.2) is 0 Å². The van der Waals surface area contributed by atoms with Crippen molar-refractivity contribution in [1.29, 1.82) is 0 Å². The van der Waals surface area contributed by atoms with E-state index >= 15 is 0 Å². The van der Waals surface area contributed by atoms with Gasteiger partial charge in [-0.25, -0.2) is 0 Å². The molecule has 0 unspecified atom stereocenters. The minimum atomic E-state index is 0.721. The predicted octanol–water partition coefficient (Wildman–Crippen LogP) is 8.45. The zero-order valence-electron chi connectivity index (χ0n) is 21.7. The van der Waals surface area contributed by atoms with E-state index in [0.717, 1.165) is 39.5 Å². The van der Waals surface area contributed by atoms with E-state index in [1.807, 2.05) is 0 Å². The lowest BCUT2D eigenvalue weighted by molar-refractivity contribution is 0.507. The lowest BCUT2D eigenvalue weighted by Crippen LogP contribution is -2.40. The average molecular weight is 489 g/mol. The standard InChI is InChI=1S/C29H48N2S2/c1-22(2)28(32-24-13-7-5-8-14-24)19-30-21-31(27-18-12-11-17-26(27)30)20-29(23(3)4)33-25-15-9-6-10-16-25/h11-12,17-18,22-25,28-29H,5-10,13-16,19-21H2,1-4H3/t28-,29-/m0/s1. The van der Waals surface area contributed by atoms with E-state index in [1.54, 1.807) is 0 Å². The number of hydrogen-bond acceptors (Lipinski definition) is 4. The van der Waals surface area contributed by atoms with Gasteiger partial charge in [-0.2, -0.15) is 23.5 Å². The number of hydrogen-bond donors (Lipinski definition) is 0. The van der Waals surface area contributed by atoms with Crippen LogP contribution in [-0.2, 0) is 0 Å². The second kappa shape index (κ2) is 12.5. The summed E-state index contributed by atoms with van der Waals surface area (Å²) in [6, 6.07) is 9.22. The number of nitrogens with zero attached hydrogens (tertiary/aromatic N) is 2. The molecule has 0 N–H and O–H groups in total. The van der Waals surface area contributed by atoms with Gasteiger partial charge in [-0.05, 0) is 49.7 Å². The number of benzene rings is 1. The third-order valence-corrected chi connectivity index (χ3v) is 11.8. The minimum absolute atomic E-state index is 0.721. The van der Waals surface area contributed by atoms with Gasteiger partial charge in [-0.3, -0.25) is 0 Å². The summed E-state index contributed by atoms with van der Waals surface area (Å²) in [5.74, 6) is 1.45. The fraction of sp³-hybridized carbons (Fsp3) is 0.793. The van der Waals surface area contributed by atoms with Crippen LogP contribution >= 0.6 is 23.5 Å². The monoisotopic (exact) mass is 488 g/mol. The fourth-order valence-corrected chi connectivity index (χ4v) is 9.18. The maximum Gasteiger partial charge on any atom is 0.0905 e. The number of rotatable bonds is 10. The van der Waals surface area contributed by atoms with Crippen LogP contribution in [0.2, 0.25) is 0 Å². The highest BCUT2D eigenvalue weighted by atomic mass is 32.2. The van der Waals surface area contributed by atoms with Gasteiger partial charge in [0.05, 0.1) is 18.0 Å². The van der Waals surface area contributed by atoms with E-state index in [4.69, 9.17) is 0 Å². The Bertz CT molecular complexity index is 650. The molecule has 0 spiro atoms. The summed E-state index contributed by atoms with van der Waals surface area (Å²) in [4.78, 5) is 5.41. The fourth-order valence-electron chi connectivity index (χ4n) is 5.82. The number of para-hydroxylation sites is 2. The molecular formula is C29H48N2S2. The van der Waals surface area contributed by atoms with E-state index < -0.39 is 0 Å². The molecule has 2 saturated carbocycles. The SMILES string of the molecule is CC(C)[C@H](CN1CN(C[C@H](SC2CCCCC2)C(C)C)c2ccccc21)SC1CCCCC1. The van der Waals surface area contributed by atoms with Gasteiger partial charge in [0.2, 0.25) is 0 Å². The smallest absolute Gasteiger partial charge is 0.0905 e. The van der Waals surface area contributed by atoms with Crippen molar-refractivity contribution in [1.82, 2.24) is 0 Å². The molecule has 1 aromatic rings. The summed E-state index contributed by atoms with van der Waals surface area (Å²) < 4.78 is 0. The zero-order chi connectivity index (χ0) is 23.2. The molecule has 4 rings (SSSR count). The van der Waals surface area contributed by atoms with Gasteiger partial charge < -0.3 is 9.80 Å². The van der Waals surface area contributed by atoms with E-state index in [0.29, 0.717) is 0 Å². The normalized spacial score (nSPS) is 22.2. The third kappa shape index (κ3) is 7.03. The average Bonchev–Trinajstić information content (AvgIpc) is 3.16. The van der Waals surface area contributed by atoms with Crippen molar-refractivity contribution in [3.8, 4) is 0 Å². The van der Waals surface area contributed by atoms with Crippen LogP contribution in [0, 0.1) is 11.8 Å². The summed E-state index contributed by atoms with van der Waals surface area (Å²) in [6.07, 6.45) is 14.4. The molecule has 2 nitrogen and oxygen atoms in total. The molecule has 0 aromatic heterocycles. The molecule has 2 aliphatic carbocycles. The summed E-state index contributed by atoms with van der Waals surface area (Å²) >= 11 is 4.63. The molecule has 1 aromatic carbocycles.